The number of anilines is 1. The van der Waals surface area contributed by atoms with Crippen LogP contribution in [0.15, 0.2) is 66.0 Å². The van der Waals surface area contributed by atoms with Crippen molar-refractivity contribution in [2.24, 2.45) is 0 Å². The lowest BCUT2D eigenvalue weighted by molar-refractivity contribution is -0.117. The molecule has 0 bridgehead atoms. The number of pyridine rings is 1. The first kappa shape index (κ1) is 19.6. The van der Waals surface area contributed by atoms with E-state index in [9.17, 15) is 17.6 Å². The average Bonchev–Trinajstić information content (AvgIpc) is 3.09. The monoisotopic (exact) mass is 403 g/mol. The van der Waals surface area contributed by atoms with E-state index in [0.29, 0.717) is 6.54 Å². The molecule has 146 valence electrons. The summed E-state index contributed by atoms with van der Waals surface area (Å²) in [7, 11) is -4.18. The lowest BCUT2D eigenvalue weighted by Crippen LogP contribution is -2.41. The van der Waals surface area contributed by atoms with Crippen molar-refractivity contribution in [1.82, 2.24) is 19.5 Å². The van der Waals surface area contributed by atoms with Crippen LogP contribution in [-0.2, 0) is 21.4 Å². The number of hydrogen-bond acceptors (Lipinski definition) is 5. The molecule has 0 fully saturated rings. The minimum Gasteiger partial charge on any atom is -0.308 e. The number of rotatable bonds is 7. The molecule has 2 N–H and O–H groups in total. The average molecular weight is 403 g/mol. The summed E-state index contributed by atoms with van der Waals surface area (Å²) in [5, 5.41) is 6.75. The van der Waals surface area contributed by atoms with Gasteiger partial charge in [-0.05, 0) is 30.7 Å². The molecule has 0 spiro atoms. The van der Waals surface area contributed by atoms with Crippen molar-refractivity contribution in [3.05, 3.63) is 72.4 Å². The molecule has 8 nitrogen and oxygen atoms in total. The van der Waals surface area contributed by atoms with Gasteiger partial charge in [-0.2, -0.15) is 9.82 Å². The second-order valence-electron chi connectivity index (χ2n) is 6.02. The normalized spacial score (nSPS) is 12.5. The largest absolute Gasteiger partial charge is 0.308 e. The highest BCUT2D eigenvalue weighted by Crippen LogP contribution is 2.14. The quantitative estimate of drug-likeness (QED) is 0.625. The number of hydrogen-bond donors (Lipinski definition) is 2. The van der Waals surface area contributed by atoms with Gasteiger partial charge in [0.2, 0.25) is 15.9 Å². The molecule has 0 radical (unpaired) electrons. The highest BCUT2D eigenvalue weighted by Gasteiger charge is 2.24. The zero-order chi connectivity index (χ0) is 20.1. The molecule has 28 heavy (non-hydrogen) atoms. The summed E-state index contributed by atoms with van der Waals surface area (Å²) >= 11 is 0. The van der Waals surface area contributed by atoms with Crippen LogP contribution in [0.4, 0.5) is 10.2 Å². The predicted octanol–water partition coefficient (Wildman–Crippen LogP) is 1.77. The Labute approximate surface area is 161 Å². The van der Waals surface area contributed by atoms with Crippen LogP contribution in [0.5, 0.6) is 0 Å². The second-order valence-corrected chi connectivity index (χ2v) is 7.70. The fourth-order valence-corrected chi connectivity index (χ4v) is 3.72. The summed E-state index contributed by atoms with van der Waals surface area (Å²) in [5.41, 5.74) is 0.939. The minimum atomic E-state index is -4.18. The first-order valence-corrected chi connectivity index (χ1v) is 9.83. The summed E-state index contributed by atoms with van der Waals surface area (Å²) in [6.45, 7) is 1.83. The maximum absolute atomic E-state index is 13.7. The smallest absolute Gasteiger partial charge is 0.244 e. The van der Waals surface area contributed by atoms with E-state index < -0.39 is 32.7 Å². The van der Waals surface area contributed by atoms with Gasteiger partial charge in [-0.15, -0.1) is 0 Å². The highest BCUT2D eigenvalue weighted by atomic mass is 32.2. The molecule has 3 aromatic rings. The molecule has 10 heteroatoms. The Morgan fingerprint density at radius 2 is 2.00 bits per heavy atom. The molecular formula is C18H18FN5O3S. The number of sulfonamides is 1. The van der Waals surface area contributed by atoms with Crippen molar-refractivity contribution in [2.75, 3.05) is 5.32 Å². The molecule has 0 unspecified atom stereocenters. The van der Waals surface area contributed by atoms with Crippen LogP contribution < -0.4 is 10.0 Å². The van der Waals surface area contributed by atoms with Crippen molar-refractivity contribution in [3.63, 3.8) is 0 Å². The van der Waals surface area contributed by atoms with Crippen molar-refractivity contribution < 1.29 is 17.6 Å². The Hall–Kier alpha value is -3.11. The van der Waals surface area contributed by atoms with E-state index in [4.69, 9.17) is 0 Å². The van der Waals surface area contributed by atoms with E-state index in [-0.39, 0.29) is 5.82 Å². The fourth-order valence-electron chi connectivity index (χ4n) is 2.44. The Morgan fingerprint density at radius 1 is 1.21 bits per heavy atom. The van der Waals surface area contributed by atoms with Gasteiger partial charge in [0.05, 0.1) is 12.6 Å². The van der Waals surface area contributed by atoms with Crippen molar-refractivity contribution in [1.29, 1.82) is 0 Å². The number of amides is 1. The van der Waals surface area contributed by atoms with Crippen LogP contribution in [0.2, 0.25) is 0 Å². The molecule has 3 rings (SSSR count). The Bertz CT molecular complexity index is 1070. The van der Waals surface area contributed by atoms with Gasteiger partial charge in [0, 0.05) is 24.7 Å². The third-order valence-corrected chi connectivity index (χ3v) is 5.38. The van der Waals surface area contributed by atoms with E-state index in [1.807, 2.05) is 12.1 Å². The summed E-state index contributed by atoms with van der Waals surface area (Å²) in [6.07, 6.45) is 5.05. The maximum Gasteiger partial charge on any atom is 0.244 e. The summed E-state index contributed by atoms with van der Waals surface area (Å²) in [6, 6.07) is 9.11. The topological polar surface area (TPSA) is 106 Å². The number of carbonyl (C=O) groups excluding carboxylic acids is 1. The number of carbonyl (C=O) groups is 1. The molecule has 2 aromatic heterocycles. The summed E-state index contributed by atoms with van der Waals surface area (Å²) in [4.78, 5) is 15.8. The molecular weight excluding hydrogens is 385 g/mol. The Balaban J connectivity index is 1.62. The molecule has 1 amide bonds. The van der Waals surface area contributed by atoms with Crippen molar-refractivity contribution >= 4 is 21.7 Å². The zero-order valence-corrected chi connectivity index (χ0v) is 15.7. The second kappa shape index (κ2) is 8.28. The molecule has 0 saturated carbocycles. The van der Waals surface area contributed by atoms with Gasteiger partial charge in [0.15, 0.2) is 5.82 Å². The predicted molar refractivity (Wildman–Crippen MR) is 100 cm³/mol. The van der Waals surface area contributed by atoms with E-state index in [1.54, 1.807) is 29.3 Å². The standard InChI is InChI=1S/C18H18FN5O3S/c1-13(23-28(26,27)16-7-3-2-6-15(16)19)18(25)21-17-8-10-24(22-17)12-14-5-4-9-20-11-14/h2-11,13,23H,12H2,1H3,(H,21,22,25)/t13-/m0/s1. The summed E-state index contributed by atoms with van der Waals surface area (Å²) < 4.78 is 42.0. The lowest BCUT2D eigenvalue weighted by Gasteiger charge is -2.14. The van der Waals surface area contributed by atoms with Gasteiger partial charge in [-0.25, -0.2) is 12.8 Å². The summed E-state index contributed by atoms with van der Waals surface area (Å²) in [5.74, 6) is -1.24. The SMILES string of the molecule is C[C@H](NS(=O)(=O)c1ccccc1F)C(=O)Nc1ccn(Cc2cccnc2)n1. The van der Waals surface area contributed by atoms with Crippen LogP contribution in [0.25, 0.3) is 0 Å². The molecule has 0 saturated heterocycles. The first-order chi connectivity index (χ1) is 13.3. The number of aromatic nitrogens is 3. The molecule has 1 aromatic carbocycles. The van der Waals surface area contributed by atoms with Gasteiger partial charge in [0.25, 0.3) is 0 Å². The molecule has 0 aliphatic rings. The van der Waals surface area contributed by atoms with E-state index >= 15 is 0 Å². The van der Waals surface area contributed by atoms with Crippen LogP contribution in [0, 0.1) is 5.82 Å². The number of nitrogens with zero attached hydrogens (tertiary/aromatic N) is 3. The van der Waals surface area contributed by atoms with Crippen LogP contribution >= 0.6 is 0 Å². The Morgan fingerprint density at radius 3 is 2.71 bits per heavy atom. The minimum absolute atomic E-state index is 0.269. The number of halogens is 1. The van der Waals surface area contributed by atoms with Crippen LogP contribution in [-0.4, -0.2) is 35.1 Å². The molecule has 0 aliphatic carbocycles. The van der Waals surface area contributed by atoms with Gasteiger partial charge in [0.1, 0.15) is 10.7 Å². The third kappa shape index (κ3) is 4.78. The molecule has 1 atom stereocenters. The van der Waals surface area contributed by atoms with Crippen LogP contribution in [0.3, 0.4) is 0 Å². The van der Waals surface area contributed by atoms with Gasteiger partial charge < -0.3 is 5.32 Å². The number of nitrogens with one attached hydrogen (secondary N) is 2. The zero-order valence-electron chi connectivity index (χ0n) is 14.9. The highest BCUT2D eigenvalue weighted by molar-refractivity contribution is 7.89. The van der Waals surface area contributed by atoms with E-state index in [1.165, 1.54) is 19.1 Å². The lowest BCUT2D eigenvalue weighted by atomic mass is 10.3. The van der Waals surface area contributed by atoms with Crippen molar-refractivity contribution in [2.45, 2.75) is 24.4 Å². The molecule has 0 aliphatic heterocycles. The first-order valence-electron chi connectivity index (χ1n) is 8.35. The van der Waals surface area contributed by atoms with Gasteiger partial charge >= 0.3 is 0 Å². The van der Waals surface area contributed by atoms with Crippen LogP contribution in [0.1, 0.15) is 12.5 Å². The third-order valence-electron chi connectivity index (χ3n) is 3.81. The van der Waals surface area contributed by atoms with Gasteiger partial charge in [-0.3, -0.25) is 14.5 Å². The van der Waals surface area contributed by atoms with Gasteiger partial charge in [-0.1, -0.05) is 18.2 Å². The van der Waals surface area contributed by atoms with Crippen molar-refractivity contribution in [3.8, 4) is 0 Å². The van der Waals surface area contributed by atoms with E-state index in [2.05, 4.69) is 20.1 Å². The van der Waals surface area contributed by atoms with E-state index in [0.717, 1.165) is 17.7 Å². The maximum atomic E-state index is 13.7. The fraction of sp³-hybridized carbons (Fsp3) is 0.167. The number of benzene rings is 1. The molecule has 2 heterocycles. The Kier molecular flexibility index (Phi) is 5.81.